The Morgan fingerprint density at radius 1 is 1.46 bits per heavy atom. The summed E-state index contributed by atoms with van der Waals surface area (Å²) in [4.78, 5) is 25.0. The average molecular weight is 377 g/mol. The van der Waals surface area contributed by atoms with Gasteiger partial charge in [0, 0.05) is 30.8 Å². The number of ketones is 1. The summed E-state index contributed by atoms with van der Waals surface area (Å²) in [7, 11) is 1.80. The van der Waals surface area contributed by atoms with E-state index in [1.165, 1.54) is 12.1 Å². The quantitative estimate of drug-likeness (QED) is 0.469. The molecular weight excluding hydrogens is 358 g/mol. The molecule has 1 aliphatic heterocycles. The largest absolute Gasteiger partial charge is 0.500 e. The summed E-state index contributed by atoms with van der Waals surface area (Å²) in [5.41, 5.74) is 1.39. The number of carbonyl (C=O) groups excluding carboxylic acids is 1. The van der Waals surface area contributed by atoms with E-state index in [-0.39, 0.29) is 18.1 Å². The lowest BCUT2D eigenvalue weighted by atomic mass is 9.84. The van der Waals surface area contributed by atoms with E-state index in [0.717, 1.165) is 12.1 Å². The summed E-state index contributed by atoms with van der Waals surface area (Å²) in [6, 6.07) is 2.17. The number of Topliss-reactive ketones (excluding diaryl/α,β-unsaturated/α-hetero) is 1. The van der Waals surface area contributed by atoms with Crippen molar-refractivity contribution in [2.24, 2.45) is 0 Å². The first kappa shape index (κ1) is 18.1. The molecule has 8 nitrogen and oxygen atoms in total. The van der Waals surface area contributed by atoms with E-state index < -0.39 is 22.4 Å². The van der Waals surface area contributed by atoms with E-state index in [2.05, 4.69) is 5.32 Å². The minimum absolute atomic E-state index is 0.00760. The van der Waals surface area contributed by atoms with Crippen LogP contribution in [0.25, 0.3) is 0 Å². The molecule has 0 amide bonds. The van der Waals surface area contributed by atoms with Crippen molar-refractivity contribution in [3.05, 3.63) is 39.1 Å². The summed E-state index contributed by atoms with van der Waals surface area (Å²) in [6.07, 6.45) is 1.89. The highest BCUT2D eigenvalue weighted by Gasteiger charge is 2.37. The zero-order valence-electron chi connectivity index (χ0n) is 14.4. The standard InChI is InChI=1S/C17H19N3O5S/c1-3-25-13-8-9(7-11(16(13)22)20(23)24)15-14-10(5-4-6-12(14)21)19(2)17(26)18-15/h7-8,15,22H,3-6H2,1-2H3,(H,18,26). The van der Waals surface area contributed by atoms with Gasteiger partial charge >= 0.3 is 5.69 Å². The van der Waals surface area contributed by atoms with Gasteiger partial charge in [-0.25, -0.2) is 0 Å². The third-order valence-corrected chi connectivity index (χ3v) is 4.99. The third-order valence-electron chi connectivity index (χ3n) is 4.60. The minimum atomic E-state index is -0.674. The van der Waals surface area contributed by atoms with Crippen molar-refractivity contribution in [1.29, 1.82) is 0 Å². The topological polar surface area (TPSA) is 105 Å². The second-order valence-corrected chi connectivity index (χ2v) is 6.54. The summed E-state index contributed by atoms with van der Waals surface area (Å²) in [6.45, 7) is 1.95. The molecule has 3 rings (SSSR count). The molecule has 1 aliphatic carbocycles. The Labute approximate surface area is 155 Å². The average Bonchev–Trinajstić information content (AvgIpc) is 2.60. The molecule has 1 unspecified atom stereocenters. The molecule has 0 saturated carbocycles. The van der Waals surface area contributed by atoms with E-state index in [0.29, 0.717) is 29.1 Å². The summed E-state index contributed by atoms with van der Waals surface area (Å²) >= 11 is 5.36. The van der Waals surface area contributed by atoms with Crippen LogP contribution in [0.1, 0.15) is 37.8 Å². The van der Waals surface area contributed by atoms with E-state index >= 15 is 0 Å². The monoisotopic (exact) mass is 377 g/mol. The number of rotatable bonds is 4. The van der Waals surface area contributed by atoms with Gasteiger partial charge in [0.15, 0.2) is 16.6 Å². The Balaban J connectivity index is 2.18. The lowest BCUT2D eigenvalue weighted by Gasteiger charge is -2.39. The van der Waals surface area contributed by atoms with Crippen LogP contribution in [0.4, 0.5) is 5.69 Å². The number of carbonyl (C=O) groups is 1. The van der Waals surface area contributed by atoms with Crippen molar-refractivity contribution >= 4 is 28.8 Å². The van der Waals surface area contributed by atoms with Crippen molar-refractivity contribution in [2.75, 3.05) is 13.7 Å². The van der Waals surface area contributed by atoms with E-state index in [1.54, 1.807) is 18.9 Å². The molecule has 1 aromatic carbocycles. The molecular formula is C17H19N3O5S. The fourth-order valence-electron chi connectivity index (χ4n) is 3.37. The van der Waals surface area contributed by atoms with E-state index in [1.807, 2.05) is 0 Å². The minimum Gasteiger partial charge on any atom is -0.500 e. The second-order valence-electron chi connectivity index (χ2n) is 6.16. The first-order valence-corrected chi connectivity index (χ1v) is 8.70. The molecule has 138 valence electrons. The number of nitro benzene ring substituents is 1. The van der Waals surface area contributed by atoms with E-state index in [9.17, 15) is 20.0 Å². The van der Waals surface area contributed by atoms with Crippen molar-refractivity contribution in [2.45, 2.75) is 32.2 Å². The maximum Gasteiger partial charge on any atom is 0.315 e. The predicted molar refractivity (Wildman–Crippen MR) is 98.1 cm³/mol. The van der Waals surface area contributed by atoms with Crippen molar-refractivity contribution in [3.8, 4) is 11.5 Å². The smallest absolute Gasteiger partial charge is 0.315 e. The number of aromatic hydroxyl groups is 1. The Bertz CT molecular complexity index is 836. The van der Waals surface area contributed by atoms with Crippen LogP contribution in [0.3, 0.4) is 0 Å². The SMILES string of the molecule is CCOc1cc(C2NC(=S)N(C)C3=C2C(=O)CCC3)cc([N+](=O)[O-])c1O. The van der Waals surface area contributed by atoms with Crippen molar-refractivity contribution in [1.82, 2.24) is 10.2 Å². The number of phenols is 1. The van der Waals surface area contributed by atoms with Crippen LogP contribution in [-0.4, -0.2) is 39.5 Å². The molecule has 0 bridgehead atoms. The van der Waals surface area contributed by atoms with Gasteiger partial charge in [-0.3, -0.25) is 14.9 Å². The molecule has 1 aromatic rings. The predicted octanol–water partition coefficient (Wildman–Crippen LogP) is 2.57. The number of nitrogens with one attached hydrogen (secondary N) is 1. The molecule has 0 aromatic heterocycles. The highest BCUT2D eigenvalue weighted by molar-refractivity contribution is 7.80. The van der Waals surface area contributed by atoms with Gasteiger partial charge in [-0.15, -0.1) is 0 Å². The molecule has 26 heavy (non-hydrogen) atoms. The first-order valence-electron chi connectivity index (χ1n) is 8.29. The van der Waals surface area contributed by atoms with Gasteiger partial charge in [-0.1, -0.05) is 0 Å². The lowest BCUT2D eigenvalue weighted by Crippen LogP contribution is -2.47. The van der Waals surface area contributed by atoms with Crippen LogP contribution in [0.15, 0.2) is 23.4 Å². The van der Waals surface area contributed by atoms with Gasteiger partial charge in [0.05, 0.1) is 17.6 Å². The van der Waals surface area contributed by atoms with Crippen molar-refractivity contribution < 1.29 is 19.6 Å². The van der Waals surface area contributed by atoms with Crippen LogP contribution in [0.2, 0.25) is 0 Å². The molecule has 1 heterocycles. The Kier molecular flexibility index (Phi) is 4.82. The van der Waals surface area contributed by atoms with Gasteiger partial charge in [-0.05, 0) is 43.6 Å². The van der Waals surface area contributed by atoms with Gasteiger partial charge in [0.2, 0.25) is 5.75 Å². The molecule has 9 heteroatoms. The molecule has 2 aliphatic rings. The van der Waals surface area contributed by atoms with Crippen LogP contribution < -0.4 is 10.1 Å². The van der Waals surface area contributed by atoms with Crippen molar-refractivity contribution in [3.63, 3.8) is 0 Å². The highest BCUT2D eigenvalue weighted by Crippen LogP contribution is 2.43. The lowest BCUT2D eigenvalue weighted by molar-refractivity contribution is -0.386. The number of hydrogen-bond acceptors (Lipinski definition) is 6. The number of hydrogen-bond donors (Lipinski definition) is 2. The molecule has 0 fully saturated rings. The maximum atomic E-state index is 12.6. The van der Waals surface area contributed by atoms with Crippen LogP contribution in [-0.2, 0) is 4.79 Å². The highest BCUT2D eigenvalue weighted by atomic mass is 32.1. The number of phenolic OH excluding ortho intramolecular Hbond substituents is 1. The molecule has 2 N–H and O–H groups in total. The Hall–Kier alpha value is -2.68. The number of ether oxygens (including phenoxy) is 1. The summed E-state index contributed by atoms with van der Waals surface area (Å²) in [5.74, 6) is -0.527. The number of nitro groups is 1. The number of nitrogens with zero attached hydrogens (tertiary/aromatic N) is 2. The zero-order valence-corrected chi connectivity index (χ0v) is 15.3. The zero-order chi connectivity index (χ0) is 19.0. The van der Waals surface area contributed by atoms with Gasteiger partial charge in [0.25, 0.3) is 0 Å². The summed E-state index contributed by atoms with van der Waals surface area (Å²) in [5, 5.41) is 25.0. The number of benzene rings is 1. The normalized spacial score (nSPS) is 19.9. The van der Waals surface area contributed by atoms with Gasteiger partial charge < -0.3 is 20.1 Å². The first-order chi connectivity index (χ1) is 12.3. The second kappa shape index (κ2) is 6.91. The fraction of sp³-hybridized carbons (Fsp3) is 0.412. The molecule has 0 spiro atoms. The number of allylic oxidation sites excluding steroid dienone is 1. The molecule has 0 saturated heterocycles. The Morgan fingerprint density at radius 3 is 2.85 bits per heavy atom. The maximum absolute atomic E-state index is 12.6. The third kappa shape index (κ3) is 2.98. The fourth-order valence-corrected chi connectivity index (χ4v) is 3.60. The van der Waals surface area contributed by atoms with E-state index in [4.69, 9.17) is 17.0 Å². The molecule has 1 atom stereocenters. The van der Waals surface area contributed by atoms with Crippen LogP contribution in [0.5, 0.6) is 11.5 Å². The number of thiocarbonyl (C=S) groups is 1. The van der Waals surface area contributed by atoms with Crippen LogP contribution >= 0.6 is 12.2 Å². The van der Waals surface area contributed by atoms with Crippen LogP contribution in [0, 0.1) is 10.1 Å². The van der Waals surface area contributed by atoms with Gasteiger partial charge in [-0.2, -0.15) is 0 Å². The molecule has 0 radical (unpaired) electrons. The Morgan fingerprint density at radius 2 is 2.19 bits per heavy atom. The van der Waals surface area contributed by atoms with Gasteiger partial charge in [0.1, 0.15) is 0 Å². The summed E-state index contributed by atoms with van der Waals surface area (Å²) < 4.78 is 5.34.